The van der Waals surface area contributed by atoms with E-state index in [1.807, 2.05) is 12.1 Å². The van der Waals surface area contributed by atoms with Gasteiger partial charge in [-0.15, -0.1) is 0 Å². The summed E-state index contributed by atoms with van der Waals surface area (Å²) < 4.78 is 11.8. The van der Waals surface area contributed by atoms with Crippen LogP contribution in [0.15, 0.2) is 60.7 Å². The lowest BCUT2D eigenvalue weighted by atomic mass is 9.77. The van der Waals surface area contributed by atoms with Gasteiger partial charge in [0.1, 0.15) is 23.0 Å². The molecule has 5 rings (SSSR count). The number of esters is 1. The fraction of sp³-hybridized carbons (Fsp3) is 0.136. The van der Waals surface area contributed by atoms with E-state index in [-0.39, 0.29) is 18.1 Å². The minimum atomic E-state index is -1.17. The lowest BCUT2D eigenvalue weighted by molar-refractivity contribution is 0.0224. The molecule has 0 atom stereocenters. The summed E-state index contributed by atoms with van der Waals surface area (Å²) in [6.07, 6.45) is 0. The van der Waals surface area contributed by atoms with Gasteiger partial charge in [0, 0.05) is 35.4 Å². The highest BCUT2D eigenvalue weighted by atomic mass is 16.6. The maximum Gasteiger partial charge on any atom is 0.340 e. The summed E-state index contributed by atoms with van der Waals surface area (Å²) in [6.45, 7) is 1.93. The molecule has 0 saturated heterocycles. The van der Waals surface area contributed by atoms with Crippen molar-refractivity contribution in [2.45, 2.75) is 12.5 Å². The van der Waals surface area contributed by atoms with Crippen LogP contribution in [0.2, 0.25) is 0 Å². The number of benzene rings is 3. The van der Waals surface area contributed by atoms with Crippen molar-refractivity contribution in [2.75, 3.05) is 6.61 Å². The van der Waals surface area contributed by atoms with Crippen LogP contribution in [0.5, 0.6) is 23.0 Å². The van der Waals surface area contributed by atoms with Gasteiger partial charge >= 0.3 is 5.97 Å². The van der Waals surface area contributed by atoms with E-state index in [1.54, 1.807) is 31.2 Å². The normalized spacial score (nSPS) is 14.7. The number of hydrogen-bond donors (Lipinski definition) is 3. The van der Waals surface area contributed by atoms with Gasteiger partial charge in [0.05, 0.1) is 5.56 Å². The number of carbonyl (C=O) groups excluding carboxylic acids is 1. The number of aliphatic hydroxyl groups is 1. The molecule has 1 spiro atoms. The number of fused-ring (bicyclic) bond motifs is 6. The summed E-state index contributed by atoms with van der Waals surface area (Å²) in [5, 5.41) is 27.2. The van der Waals surface area contributed by atoms with Crippen LogP contribution in [0.4, 0.5) is 0 Å². The zero-order valence-electron chi connectivity index (χ0n) is 15.0. The molecule has 3 N–H and O–H groups in total. The molecule has 142 valence electrons. The molecule has 0 bridgehead atoms. The Hall–Kier alpha value is -3.51. The van der Waals surface area contributed by atoms with Crippen LogP contribution in [0, 0.1) is 0 Å². The van der Waals surface area contributed by atoms with E-state index < -0.39 is 11.6 Å². The fourth-order valence-corrected chi connectivity index (χ4v) is 3.65. The lowest BCUT2D eigenvalue weighted by Gasteiger charge is -2.36. The third-order valence-corrected chi connectivity index (χ3v) is 4.68. The van der Waals surface area contributed by atoms with Crippen molar-refractivity contribution >= 4 is 5.97 Å². The number of rotatable bonds is 0. The largest absolute Gasteiger partial charge is 0.508 e. The molecule has 0 aliphatic carbocycles. The van der Waals surface area contributed by atoms with Gasteiger partial charge in [-0.25, -0.2) is 4.79 Å². The molecule has 0 saturated carbocycles. The molecule has 2 aliphatic rings. The van der Waals surface area contributed by atoms with E-state index in [2.05, 4.69) is 0 Å². The highest BCUT2D eigenvalue weighted by Gasteiger charge is 2.53. The van der Waals surface area contributed by atoms with Crippen LogP contribution in [-0.4, -0.2) is 27.9 Å². The highest BCUT2D eigenvalue weighted by Crippen LogP contribution is 2.56. The third-order valence-electron chi connectivity index (χ3n) is 4.68. The minimum absolute atomic E-state index is 0.0371. The molecule has 3 aromatic rings. The van der Waals surface area contributed by atoms with Crippen LogP contribution < -0.4 is 4.74 Å². The second-order valence-electron chi connectivity index (χ2n) is 6.40. The van der Waals surface area contributed by atoms with Gasteiger partial charge in [0.2, 0.25) is 0 Å². The Morgan fingerprint density at radius 2 is 1.39 bits per heavy atom. The average Bonchev–Trinajstić information content (AvgIpc) is 2.96. The van der Waals surface area contributed by atoms with Gasteiger partial charge in [-0.2, -0.15) is 0 Å². The zero-order valence-corrected chi connectivity index (χ0v) is 15.0. The number of ether oxygens (including phenoxy) is 2. The topological polar surface area (TPSA) is 96.2 Å². The summed E-state index contributed by atoms with van der Waals surface area (Å²) in [4.78, 5) is 12.5. The van der Waals surface area contributed by atoms with Gasteiger partial charge < -0.3 is 24.8 Å². The second kappa shape index (κ2) is 6.58. The quantitative estimate of drug-likeness (QED) is 0.517. The van der Waals surface area contributed by atoms with Crippen molar-refractivity contribution < 1.29 is 29.6 Å². The molecule has 2 aliphatic heterocycles. The van der Waals surface area contributed by atoms with E-state index in [0.717, 1.165) is 0 Å². The van der Waals surface area contributed by atoms with Gasteiger partial charge in [-0.1, -0.05) is 18.2 Å². The molecule has 0 aromatic heterocycles. The molecule has 6 nitrogen and oxygen atoms in total. The van der Waals surface area contributed by atoms with E-state index in [9.17, 15) is 15.0 Å². The summed E-state index contributed by atoms with van der Waals surface area (Å²) in [5.41, 5.74) is 1.28. The van der Waals surface area contributed by atoms with Crippen molar-refractivity contribution in [3.8, 4) is 23.0 Å². The van der Waals surface area contributed by atoms with Crippen molar-refractivity contribution in [1.29, 1.82) is 0 Å². The molecule has 0 amide bonds. The van der Waals surface area contributed by atoms with Crippen LogP contribution in [-0.2, 0) is 10.3 Å². The average molecular weight is 378 g/mol. The van der Waals surface area contributed by atoms with E-state index in [1.165, 1.54) is 24.3 Å². The highest BCUT2D eigenvalue weighted by molar-refractivity contribution is 5.97. The Morgan fingerprint density at radius 3 is 1.96 bits per heavy atom. The standard InChI is InChI=1S/C20H12O5.C2H6O/c21-11-5-7-15-17(9-11)24-18-10-12(22)6-8-16(18)20(15)14-4-2-1-3-13(14)19(23)25-20;1-2-3/h1-10,21-22H;3H,2H2,1H3. The maximum absolute atomic E-state index is 12.5. The molecule has 0 radical (unpaired) electrons. The number of phenols is 2. The van der Waals surface area contributed by atoms with E-state index >= 15 is 0 Å². The Morgan fingerprint density at radius 1 is 0.857 bits per heavy atom. The Balaban J connectivity index is 0.000000604. The van der Waals surface area contributed by atoms with Crippen molar-refractivity contribution in [3.05, 3.63) is 82.9 Å². The summed E-state index contributed by atoms with van der Waals surface area (Å²) in [5.74, 6) is 0.408. The number of phenolic OH excluding ortho intramolecular Hbond substituents is 2. The Kier molecular flexibility index (Phi) is 4.20. The molecule has 6 heteroatoms. The number of hydrogen-bond acceptors (Lipinski definition) is 6. The maximum atomic E-state index is 12.5. The van der Waals surface area contributed by atoms with Gasteiger partial charge in [-0.3, -0.25) is 0 Å². The Bertz CT molecular complexity index is 1020. The zero-order chi connectivity index (χ0) is 19.9. The van der Waals surface area contributed by atoms with Crippen LogP contribution >= 0.6 is 0 Å². The molecule has 28 heavy (non-hydrogen) atoms. The van der Waals surface area contributed by atoms with Gasteiger partial charge in [0.25, 0.3) is 0 Å². The molecule has 0 unspecified atom stereocenters. The van der Waals surface area contributed by atoms with Crippen LogP contribution in [0.25, 0.3) is 0 Å². The van der Waals surface area contributed by atoms with Crippen LogP contribution in [0.1, 0.15) is 34.0 Å². The number of aliphatic hydroxyl groups excluding tert-OH is 1. The molecule has 2 heterocycles. The first-order valence-electron chi connectivity index (χ1n) is 8.79. The third kappa shape index (κ3) is 2.50. The monoisotopic (exact) mass is 378 g/mol. The number of carbonyl (C=O) groups is 1. The molecule has 0 fully saturated rings. The number of aromatic hydroxyl groups is 2. The first kappa shape index (κ1) is 17.9. The second-order valence-corrected chi connectivity index (χ2v) is 6.40. The van der Waals surface area contributed by atoms with Crippen molar-refractivity contribution in [3.63, 3.8) is 0 Å². The predicted molar refractivity (Wildman–Crippen MR) is 101 cm³/mol. The first-order chi connectivity index (χ1) is 13.5. The van der Waals surface area contributed by atoms with Gasteiger partial charge in [0.15, 0.2) is 5.60 Å². The summed E-state index contributed by atoms with van der Waals surface area (Å²) in [6, 6.07) is 16.6. The summed E-state index contributed by atoms with van der Waals surface area (Å²) in [7, 11) is 0. The van der Waals surface area contributed by atoms with Crippen molar-refractivity contribution in [2.24, 2.45) is 0 Å². The van der Waals surface area contributed by atoms with Crippen molar-refractivity contribution in [1.82, 2.24) is 0 Å². The fourth-order valence-electron chi connectivity index (χ4n) is 3.65. The van der Waals surface area contributed by atoms with E-state index in [0.29, 0.717) is 33.8 Å². The van der Waals surface area contributed by atoms with E-state index in [4.69, 9.17) is 14.6 Å². The SMILES string of the molecule is CCO.O=C1OC2(c3ccc(O)cc3Oc3cc(O)ccc32)c2ccccc21. The molecular weight excluding hydrogens is 360 g/mol. The van der Waals surface area contributed by atoms with Gasteiger partial charge in [-0.05, 0) is 37.3 Å². The predicted octanol–water partition coefficient (Wildman–Crippen LogP) is 3.66. The van der Waals surface area contributed by atoms with Crippen LogP contribution in [0.3, 0.4) is 0 Å². The lowest BCUT2D eigenvalue weighted by Crippen LogP contribution is -2.32. The minimum Gasteiger partial charge on any atom is -0.508 e. The molecule has 3 aromatic carbocycles. The molecular formula is C22H18O6. The summed E-state index contributed by atoms with van der Waals surface area (Å²) >= 11 is 0. The Labute approximate surface area is 161 Å². The smallest absolute Gasteiger partial charge is 0.340 e. The first-order valence-corrected chi connectivity index (χ1v) is 8.79.